The van der Waals surface area contributed by atoms with Gasteiger partial charge in [0, 0.05) is 31.5 Å². The Bertz CT molecular complexity index is 1140. The molecule has 4 rings (SSSR count). The number of nitrogens with zero attached hydrogens (tertiary/aromatic N) is 5. The third-order valence-corrected chi connectivity index (χ3v) is 5.33. The van der Waals surface area contributed by atoms with Gasteiger partial charge in [-0.2, -0.15) is 18.3 Å². The van der Waals surface area contributed by atoms with Crippen LogP contribution in [0.5, 0.6) is 0 Å². The minimum absolute atomic E-state index is 0.00142. The third-order valence-electron chi connectivity index (χ3n) is 5.33. The van der Waals surface area contributed by atoms with E-state index in [4.69, 9.17) is 0 Å². The number of hydrogen-bond acceptors (Lipinski definition) is 6. The number of carbonyl (C=O) groups is 1. The van der Waals surface area contributed by atoms with E-state index in [-0.39, 0.29) is 23.6 Å². The molecule has 0 saturated carbocycles. The molecule has 1 saturated heterocycles. The summed E-state index contributed by atoms with van der Waals surface area (Å²) in [5.41, 5.74) is 0.702. The van der Waals surface area contributed by atoms with Gasteiger partial charge in [-0.15, -0.1) is 0 Å². The maximum Gasteiger partial charge on any atom is 0.416 e. The summed E-state index contributed by atoms with van der Waals surface area (Å²) in [5, 5.41) is 10.1. The van der Waals surface area contributed by atoms with Gasteiger partial charge in [-0.05, 0) is 56.8 Å². The molecule has 1 aromatic carbocycles. The fraction of sp³-hybridized carbons (Fsp3) is 0.364. The number of aromatic nitrogens is 4. The average molecular weight is 459 g/mol. The first-order chi connectivity index (χ1) is 15.7. The number of hydrogen-bond donors (Lipinski definition) is 2. The van der Waals surface area contributed by atoms with Crippen LogP contribution in [0.25, 0.3) is 11.4 Å². The van der Waals surface area contributed by atoms with Crippen molar-refractivity contribution in [3.05, 3.63) is 53.9 Å². The molecule has 33 heavy (non-hydrogen) atoms. The van der Waals surface area contributed by atoms with E-state index in [1.54, 1.807) is 19.2 Å². The van der Waals surface area contributed by atoms with Crippen LogP contribution in [0.4, 0.5) is 24.8 Å². The highest BCUT2D eigenvalue weighted by atomic mass is 19.4. The summed E-state index contributed by atoms with van der Waals surface area (Å²) in [5.74, 6) is -0.118. The quantitative estimate of drug-likeness (QED) is 0.563. The summed E-state index contributed by atoms with van der Waals surface area (Å²) in [6.45, 7) is 4.87. The van der Waals surface area contributed by atoms with Crippen molar-refractivity contribution in [1.29, 1.82) is 0 Å². The molecular formula is C22H24F3N7O. The normalized spacial score (nSPS) is 15.1. The first kappa shape index (κ1) is 22.7. The van der Waals surface area contributed by atoms with Crippen LogP contribution in [0.15, 0.2) is 42.6 Å². The highest BCUT2D eigenvalue weighted by molar-refractivity contribution is 5.93. The first-order valence-corrected chi connectivity index (χ1v) is 10.5. The molecule has 2 N–H and O–H groups in total. The van der Waals surface area contributed by atoms with E-state index in [2.05, 4.69) is 30.6 Å². The van der Waals surface area contributed by atoms with E-state index in [1.807, 2.05) is 6.92 Å². The smallest absolute Gasteiger partial charge is 0.347 e. The lowest BCUT2D eigenvalue weighted by Gasteiger charge is -2.33. The number of alkyl halides is 3. The molecule has 3 aromatic rings. The number of aryl methyl sites for hydroxylation is 1. The van der Waals surface area contributed by atoms with Crippen molar-refractivity contribution in [3.8, 4) is 11.4 Å². The number of amides is 1. The maximum atomic E-state index is 13.0. The van der Waals surface area contributed by atoms with Gasteiger partial charge in [-0.3, -0.25) is 9.48 Å². The fourth-order valence-corrected chi connectivity index (χ4v) is 3.56. The molecule has 0 aliphatic carbocycles. The minimum atomic E-state index is -4.45. The molecule has 1 aliphatic rings. The van der Waals surface area contributed by atoms with Crippen molar-refractivity contribution in [3.63, 3.8) is 0 Å². The highest BCUT2D eigenvalue weighted by Gasteiger charge is 2.30. The average Bonchev–Trinajstić information content (AvgIpc) is 3.12. The van der Waals surface area contributed by atoms with Crippen LogP contribution in [-0.4, -0.2) is 56.2 Å². The molecular weight excluding hydrogens is 435 g/mol. The number of rotatable bonds is 7. The van der Waals surface area contributed by atoms with Gasteiger partial charge in [0.25, 0.3) is 5.91 Å². The zero-order chi connectivity index (χ0) is 23.6. The molecule has 0 unspecified atom stereocenters. The van der Waals surface area contributed by atoms with Crippen LogP contribution in [0.3, 0.4) is 0 Å². The predicted molar refractivity (Wildman–Crippen MR) is 117 cm³/mol. The van der Waals surface area contributed by atoms with E-state index in [9.17, 15) is 18.0 Å². The van der Waals surface area contributed by atoms with E-state index >= 15 is 0 Å². The Morgan fingerprint density at radius 3 is 2.67 bits per heavy atom. The molecule has 8 nitrogen and oxygen atoms in total. The molecule has 1 amide bonds. The Morgan fingerprint density at radius 2 is 1.97 bits per heavy atom. The second-order valence-electron chi connectivity index (χ2n) is 8.04. The molecule has 1 atom stereocenters. The first-order valence-electron chi connectivity index (χ1n) is 10.5. The van der Waals surface area contributed by atoms with Crippen molar-refractivity contribution in [2.75, 3.05) is 25.0 Å². The fourth-order valence-electron chi connectivity index (χ4n) is 3.56. The zero-order valence-electron chi connectivity index (χ0n) is 18.2. The van der Waals surface area contributed by atoms with Crippen LogP contribution < -0.4 is 10.6 Å². The molecule has 0 bridgehead atoms. The summed E-state index contributed by atoms with van der Waals surface area (Å²) >= 11 is 0. The Labute approximate surface area is 188 Å². The number of benzene rings is 1. The Hall–Kier alpha value is -3.47. The lowest BCUT2D eigenvalue weighted by molar-refractivity contribution is -0.137. The van der Waals surface area contributed by atoms with Crippen LogP contribution in [0, 0.1) is 0 Å². The van der Waals surface area contributed by atoms with Gasteiger partial charge in [0.2, 0.25) is 5.95 Å². The number of anilines is 2. The van der Waals surface area contributed by atoms with E-state index in [0.717, 1.165) is 31.8 Å². The molecule has 0 radical (unpaired) electrons. The van der Waals surface area contributed by atoms with Gasteiger partial charge >= 0.3 is 6.18 Å². The second kappa shape index (κ2) is 9.18. The third kappa shape index (κ3) is 5.48. The monoisotopic (exact) mass is 459 g/mol. The van der Waals surface area contributed by atoms with Crippen molar-refractivity contribution in [2.24, 2.45) is 7.05 Å². The van der Waals surface area contributed by atoms with E-state index < -0.39 is 11.7 Å². The SMILES string of the molecule is C[C@@H](CN1CCC1)NC(=O)c1cc(-c2ccnc(Nc3cccc(C(F)(F)F)c3)n2)nn1C. The van der Waals surface area contributed by atoms with E-state index in [0.29, 0.717) is 17.1 Å². The van der Waals surface area contributed by atoms with Crippen molar-refractivity contribution in [2.45, 2.75) is 25.6 Å². The Morgan fingerprint density at radius 1 is 1.18 bits per heavy atom. The summed E-state index contributed by atoms with van der Waals surface area (Å²) in [6, 6.07) is 8.03. The summed E-state index contributed by atoms with van der Waals surface area (Å²) in [4.78, 5) is 23.4. The largest absolute Gasteiger partial charge is 0.416 e. The van der Waals surface area contributed by atoms with E-state index in [1.165, 1.54) is 29.4 Å². The molecule has 2 aromatic heterocycles. The van der Waals surface area contributed by atoms with Gasteiger partial charge in [0.05, 0.1) is 11.3 Å². The Kier molecular flexibility index (Phi) is 6.32. The standard InChI is InChI=1S/C22H24F3N7O/c1-14(13-32-9-4-10-32)27-20(33)19-12-18(30-31(19)2)17-7-8-26-21(29-17)28-16-6-3-5-15(11-16)22(23,24)25/h3,5-8,11-12,14H,4,9-10,13H2,1-2H3,(H,27,33)(H,26,28,29)/t14-/m0/s1. The van der Waals surface area contributed by atoms with Gasteiger partial charge < -0.3 is 15.5 Å². The molecule has 11 heteroatoms. The Balaban J connectivity index is 1.48. The summed E-state index contributed by atoms with van der Waals surface area (Å²) < 4.78 is 40.3. The summed E-state index contributed by atoms with van der Waals surface area (Å²) in [7, 11) is 1.67. The number of halogens is 3. The van der Waals surface area contributed by atoms with Gasteiger partial charge in [-0.1, -0.05) is 6.07 Å². The molecule has 1 aliphatic heterocycles. The molecule has 0 spiro atoms. The van der Waals surface area contributed by atoms with Crippen LogP contribution in [0.2, 0.25) is 0 Å². The highest BCUT2D eigenvalue weighted by Crippen LogP contribution is 2.31. The van der Waals surface area contributed by atoms with Crippen LogP contribution >= 0.6 is 0 Å². The van der Waals surface area contributed by atoms with Crippen molar-refractivity contribution >= 4 is 17.5 Å². The van der Waals surface area contributed by atoms with Crippen molar-refractivity contribution < 1.29 is 18.0 Å². The molecule has 1 fully saturated rings. The van der Waals surface area contributed by atoms with Gasteiger partial charge in [0.15, 0.2) is 0 Å². The second-order valence-corrected chi connectivity index (χ2v) is 8.04. The molecule has 174 valence electrons. The van der Waals surface area contributed by atoms with Crippen LogP contribution in [0.1, 0.15) is 29.4 Å². The van der Waals surface area contributed by atoms with Gasteiger partial charge in [-0.25, -0.2) is 9.97 Å². The lowest BCUT2D eigenvalue weighted by atomic mass is 10.2. The van der Waals surface area contributed by atoms with Gasteiger partial charge in [0.1, 0.15) is 11.4 Å². The van der Waals surface area contributed by atoms with Crippen LogP contribution in [-0.2, 0) is 13.2 Å². The zero-order valence-corrected chi connectivity index (χ0v) is 18.2. The molecule has 3 heterocycles. The predicted octanol–water partition coefficient (Wildman–Crippen LogP) is 3.46. The lowest BCUT2D eigenvalue weighted by Crippen LogP contribution is -2.47. The number of carbonyl (C=O) groups excluding carboxylic acids is 1. The minimum Gasteiger partial charge on any atom is -0.347 e. The van der Waals surface area contributed by atoms with Crippen molar-refractivity contribution in [1.82, 2.24) is 30.0 Å². The topological polar surface area (TPSA) is 88.0 Å². The number of likely N-dealkylation sites (tertiary alicyclic amines) is 1. The number of nitrogens with one attached hydrogen (secondary N) is 2. The maximum absolute atomic E-state index is 13.0. The summed E-state index contributed by atoms with van der Waals surface area (Å²) in [6.07, 6.45) is -1.78.